The van der Waals surface area contributed by atoms with Gasteiger partial charge in [-0.25, -0.2) is 4.79 Å². The molecule has 0 fully saturated rings. The first-order valence-electron chi connectivity index (χ1n) is 14.3. The normalized spacial score (nSPS) is 13.5. The number of ether oxygens (including phenoxy) is 5. The highest BCUT2D eigenvalue weighted by Gasteiger charge is 2.31. The van der Waals surface area contributed by atoms with Crippen LogP contribution in [0.5, 0.6) is 0 Å². The lowest BCUT2D eigenvalue weighted by Crippen LogP contribution is -2.57. The second kappa shape index (κ2) is 23.2. The van der Waals surface area contributed by atoms with Crippen LogP contribution in [0.1, 0.15) is 32.6 Å². The van der Waals surface area contributed by atoms with Gasteiger partial charge in [-0.3, -0.25) is 38.4 Å². The maximum absolute atomic E-state index is 12.9. The molecule has 5 unspecified atom stereocenters. The molecule has 0 bridgehead atoms. The Bertz CT molecular complexity index is 1180. The number of nitrogens with one attached hydrogen (secondary N) is 5. The van der Waals surface area contributed by atoms with E-state index in [0.29, 0.717) is 0 Å². The summed E-state index contributed by atoms with van der Waals surface area (Å²) in [5, 5.41) is 11.4. The van der Waals surface area contributed by atoms with Crippen molar-refractivity contribution in [1.82, 2.24) is 26.6 Å². The summed E-state index contributed by atoms with van der Waals surface area (Å²) in [4.78, 5) is 111. The van der Waals surface area contributed by atoms with E-state index in [-0.39, 0.29) is 26.1 Å². The minimum absolute atomic E-state index is 0.169. The zero-order valence-corrected chi connectivity index (χ0v) is 27.4. The molecule has 0 aromatic carbocycles. The van der Waals surface area contributed by atoms with Gasteiger partial charge in [-0.05, 0) is 13.3 Å². The predicted molar refractivity (Wildman–Crippen MR) is 162 cm³/mol. The zero-order chi connectivity index (χ0) is 36.8. The third kappa shape index (κ3) is 17.0. The van der Waals surface area contributed by atoms with Crippen LogP contribution in [0.4, 0.5) is 0 Å². The summed E-state index contributed by atoms with van der Waals surface area (Å²) in [5.74, 6) is -7.79. The lowest BCUT2D eigenvalue weighted by molar-refractivity contribution is -0.148. The van der Waals surface area contributed by atoms with Crippen molar-refractivity contribution in [3.63, 3.8) is 0 Å². The molecule has 7 N–H and O–H groups in total. The van der Waals surface area contributed by atoms with E-state index in [9.17, 15) is 43.2 Å². The highest BCUT2D eigenvalue weighted by Crippen LogP contribution is 2.04. The van der Waals surface area contributed by atoms with Gasteiger partial charge in [0.1, 0.15) is 30.8 Å². The Labute approximate surface area is 276 Å². The number of carbonyl (C=O) groups is 9. The molecule has 5 atom stereocenters. The molecule has 0 rings (SSSR count). The molecule has 0 aromatic rings. The summed E-state index contributed by atoms with van der Waals surface area (Å²) in [6.07, 6.45) is -0.257. The van der Waals surface area contributed by atoms with Gasteiger partial charge in [-0.1, -0.05) is 12.7 Å². The van der Waals surface area contributed by atoms with E-state index in [2.05, 4.69) is 47.4 Å². The molecule has 0 spiro atoms. The number of hydrogen-bond donors (Lipinski definition) is 6. The van der Waals surface area contributed by atoms with Crippen molar-refractivity contribution in [1.29, 1.82) is 0 Å². The topological polar surface area (TPSA) is 286 Å². The minimum Gasteiger partial charge on any atom is -0.469 e. The first-order valence-corrected chi connectivity index (χ1v) is 14.3. The number of nitrogens with two attached hydrogens (primary N) is 1. The summed E-state index contributed by atoms with van der Waals surface area (Å²) in [6, 6.07) is -6.87. The van der Waals surface area contributed by atoms with Crippen LogP contribution < -0.4 is 32.3 Å². The summed E-state index contributed by atoms with van der Waals surface area (Å²) >= 11 is 0. The van der Waals surface area contributed by atoms with Crippen LogP contribution in [-0.2, 0) is 66.8 Å². The molecule has 270 valence electrons. The zero-order valence-electron chi connectivity index (χ0n) is 27.4. The molecule has 48 heavy (non-hydrogen) atoms. The Hall–Kier alpha value is -5.11. The first kappa shape index (κ1) is 42.9. The Kier molecular flexibility index (Phi) is 20.8. The van der Waals surface area contributed by atoms with Crippen molar-refractivity contribution in [2.45, 2.75) is 62.8 Å². The summed E-state index contributed by atoms with van der Waals surface area (Å²) < 4.78 is 23.5. The van der Waals surface area contributed by atoms with E-state index in [1.165, 1.54) is 20.1 Å². The maximum Gasteiger partial charge on any atom is 0.328 e. The molecule has 0 saturated carbocycles. The quantitative estimate of drug-likeness (QED) is 0.0358. The maximum atomic E-state index is 12.9. The van der Waals surface area contributed by atoms with Crippen molar-refractivity contribution >= 4 is 53.4 Å². The molecule has 20 heteroatoms. The summed E-state index contributed by atoms with van der Waals surface area (Å²) in [6.45, 7) is 3.39. The highest BCUT2D eigenvalue weighted by molar-refractivity contribution is 5.97. The van der Waals surface area contributed by atoms with Crippen LogP contribution in [-0.4, -0.2) is 132 Å². The van der Waals surface area contributed by atoms with Crippen LogP contribution in [0.25, 0.3) is 0 Å². The highest BCUT2D eigenvalue weighted by atomic mass is 16.5. The standard InChI is InChI=1S/C28H44N6O14/c1-7-10-48-28(43)17(8-9-21(36)45-4)33-27(42)19(14-44-3)32-20(35)13-30-26(41)18(12-23(38)47-6)34-24(39)15(2)31-25(40)16(29)11-22(37)46-5/h7,15-19H,1,8-14,29H2,2-6H3,(H,30,41)(H,31,40)(H,32,35)(H,33,42)(H,34,39). The summed E-state index contributed by atoms with van der Waals surface area (Å²) in [5.41, 5.74) is 5.62. The van der Waals surface area contributed by atoms with Crippen LogP contribution in [0, 0.1) is 0 Å². The van der Waals surface area contributed by atoms with Crippen molar-refractivity contribution in [2.75, 3.05) is 48.2 Å². The van der Waals surface area contributed by atoms with Gasteiger partial charge in [0.15, 0.2) is 0 Å². The lowest BCUT2D eigenvalue weighted by Gasteiger charge is -2.23. The average molecular weight is 689 g/mol. The van der Waals surface area contributed by atoms with Crippen molar-refractivity contribution in [3.05, 3.63) is 12.7 Å². The van der Waals surface area contributed by atoms with E-state index >= 15 is 0 Å². The fourth-order valence-electron chi connectivity index (χ4n) is 3.51. The van der Waals surface area contributed by atoms with Crippen molar-refractivity contribution in [3.8, 4) is 0 Å². The van der Waals surface area contributed by atoms with Gasteiger partial charge in [0.25, 0.3) is 0 Å². The molecular weight excluding hydrogens is 644 g/mol. The van der Waals surface area contributed by atoms with E-state index in [0.717, 1.165) is 21.3 Å². The van der Waals surface area contributed by atoms with Crippen LogP contribution in [0.15, 0.2) is 12.7 Å². The first-order chi connectivity index (χ1) is 22.6. The monoisotopic (exact) mass is 688 g/mol. The second-order valence-electron chi connectivity index (χ2n) is 9.85. The third-order valence-electron chi connectivity index (χ3n) is 6.15. The van der Waals surface area contributed by atoms with Crippen LogP contribution >= 0.6 is 0 Å². The number of hydrogen-bond acceptors (Lipinski definition) is 15. The Morgan fingerprint density at radius 3 is 1.85 bits per heavy atom. The van der Waals surface area contributed by atoms with Crippen molar-refractivity contribution in [2.24, 2.45) is 5.73 Å². The molecule has 0 aliphatic heterocycles. The molecule has 5 amide bonds. The molecule has 0 saturated heterocycles. The van der Waals surface area contributed by atoms with Gasteiger partial charge in [-0.2, -0.15) is 0 Å². The Morgan fingerprint density at radius 1 is 0.708 bits per heavy atom. The number of methoxy groups -OCH3 is 4. The fourth-order valence-corrected chi connectivity index (χ4v) is 3.51. The van der Waals surface area contributed by atoms with Crippen LogP contribution in [0.2, 0.25) is 0 Å². The lowest BCUT2D eigenvalue weighted by atomic mass is 10.1. The predicted octanol–water partition coefficient (Wildman–Crippen LogP) is -4.16. The van der Waals surface area contributed by atoms with E-state index in [1.54, 1.807) is 0 Å². The van der Waals surface area contributed by atoms with Gasteiger partial charge in [0.05, 0.1) is 53.4 Å². The van der Waals surface area contributed by atoms with Crippen LogP contribution in [0.3, 0.4) is 0 Å². The summed E-state index contributed by atoms with van der Waals surface area (Å²) in [7, 11) is 4.52. The Morgan fingerprint density at radius 2 is 1.29 bits per heavy atom. The smallest absolute Gasteiger partial charge is 0.328 e. The Balaban J connectivity index is 5.46. The third-order valence-corrected chi connectivity index (χ3v) is 6.15. The fraction of sp³-hybridized carbons (Fsp3) is 0.607. The number of carbonyl (C=O) groups excluding carboxylic acids is 9. The van der Waals surface area contributed by atoms with E-state index in [1.807, 2.05) is 0 Å². The van der Waals surface area contributed by atoms with Gasteiger partial charge in [-0.15, -0.1) is 0 Å². The average Bonchev–Trinajstić information content (AvgIpc) is 3.06. The largest absolute Gasteiger partial charge is 0.469 e. The van der Waals surface area contributed by atoms with Gasteiger partial charge >= 0.3 is 23.9 Å². The number of amides is 5. The molecule has 0 heterocycles. The molecule has 0 radical (unpaired) electrons. The van der Waals surface area contributed by atoms with E-state index < -0.39 is 103 Å². The number of esters is 4. The molecule has 0 aromatic heterocycles. The van der Waals surface area contributed by atoms with E-state index in [4.69, 9.17) is 15.2 Å². The van der Waals surface area contributed by atoms with Gasteiger partial charge in [0, 0.05) is 13.5 Å². The second-order valence-corrected chi connectivity index (χ2v) is 9.85. The SMILES string of the molecule is C=CCOC(=O)C(CCC(=O)OC)NC(=O)C(COC)NC(=O)CNC(=O)C(CC(=O)OC)NC(=O)C(C)NC(=O)C(N)CC(=O)OC. The van der Waals surface area contributed by atoms with Gasteiger partial charge < -0.3 is 56.0 Å². The molecule has 0 aliphatic carbocycles. The molecule has 20 nitrogen and oxygen atoms in total. The molecular formula is C28H44N6O14. The minimum atomic E-state index is -1.57. The van der Waals surface area contributed by atoms with Gasteiger partial charge in [0.2, 0.25) is 29.5 Å². The number of rotatable bonds is 22. The molecule has 0 aliphatic rings. The van der Waals surface area contributed by atoms with Crippen molar-refractivity contribution < 1.29 is 66.8 Å².